The van der Waals surface area contributed by atoms with Gasteiger partial charge in [-0.15, -0.1) is 0 Å². The first-order chi connectivity index (χ1) is 14.1. The number of furan rings is 2. The first kappa shape index (κ1) is 17.6. The van der Waals surface area contributed by atoms with Crippen LogP contribution in [-0.4, -0.2) is 9.13 Å². The molecule has 0 fully saturated rings. The van der Waals surface area contributed by atoms with Crippen LogP contribution in [0.1, 0.15) is 11.3 Å². The van der Waals surface area contributed by atoms with Crippen molar-refractivity contribution in [2.75, 3.05) is 0 Å². The van der Waals surface area contributed by atoms with Crippen LogP contribution in [0, 0.1) is 0 Å². The molecule has 0 saturated carbocycles. The summed E-state index contributed by atoms with van der Waals surface area (Å²) in [6.45, 7) is 0.219. The lowest BCUT2D eigenvalue weighted by molar-refractivity contribution is 0.477. The van der Waals surface area contributed by atoms with Gasteiger partial charge in [-0.3, -0.25) is 9.36 Å². The number of para-hydroxylation sites is 1. The van der Waals surface area contributed by atoms with Gasteiger partial charge in [0, 0.05) is 10.4 Å². The van der Waals surface area contributed by atoms with Crippen molar-refractivity contribution in [2.24, 2.45) is 0 Å². The Kier molecular flexibility index (Phi) is 4.14. The molecule has 5 aromatic rings. The molecule has 0 aliphatic rings. The number of benzene rings is 2. The van der Waals surface area contributed by atoms with Crippen LogP contribution in [0.3, 0.4) is 0 Å². The number of fused-ring (bicyclic) bond motifs is 3. The van der Waals surface area contributed by atoms with Crippen molar-refractivity contribution in [3.63, 3.8) is 0 Å². The average molecular weight is 407 g/mol. The molecule has 0 atom stereocenters. The molecule has 0 aliphatic heterocycles. The van der Waals surface area contributed by atoms with Crippen LogP contribution in [0.5, 0.6) is 0 Å². The second-order valence-electron chi connectivity index (χ2n) is 6.71. The SMILES string of the molecule is O=c1c2oc3ccccc3c2n(Cc2ccccc2Cl)c(=O)n1Cc1ccco1. The zero-order chi connectivity index (χ0) is 20.0. The van der Waals surface area contributed by atoms with Crippen LogP contribution >= 0.6 is 11.6 Å². The largest absolute Gasteiger partial charge is 0.467 e. The number of hydrogen-bond donors (Lipinski definition) is 0. The summed E-state index contributed by atoms with van der Waals surface area (Å²) in [5.41, 5.74) is 0.961. The van der Waals surface area contributed by atoms with Gasteiger partial charge < -0.3 is 8.83 Å². The van der Waals surface area contributed by atoms with Crippen molar-refractivity contribution < 1.29 is 8.83 Å². The molecule has 0 radical (unpaired) electrons. The first-order valence-electron chi connectivity index (χ1n) is 9.04. The molecule has 3 heterocycles. The van der Waals surface area contributed by atoms with Gasteiger partial charge in [0.05, 0.1) is 19.4 Å². The molecular formula is C22H15ClN2O4. The zero-order valence-electron chi connectivity index (χ0n) is 15.2. The van der Waals surface area contributed by atoms with Crippen molar-refractivity contribution in [3.05, 3.63) is 104 Å². The lowest BCUT2D eigenvalue weighted by atomic mass is 10.2. The summed E-state index contributed by atoms with van der Waals surface area (Å²) < 4.78 is 13.8. The summed E-state index contributed by atoms with van der Waals surface area (Å²) in [6.07, 6.45) is 1.50. The summed E-state index contributed by atoms with van der Waals surface area (Å²) >= 11 is 6.33. The van der Waals surface area contributed by atoms with E-state index >= 15 is 0 Å². The highest BCUT2D eigenvalue weighted by Gasteiger charge is 2.21. The Labute approximate surface area is 169 Å². The number of hydrogen-bond acceptors (Lipinski definition) is 4. The molecule has 7 heteroatoms. The predicted molar refractivity (Wildman–Crippen MR) is 111 cm³/mol. The molecule has 0 saturated heterocycles. The molecule has 144 valence electrons. The Hall–Kier alpha value is -3.51. The van der Waals surface area contributed by atoms with Crippen LogP contribution in [-0.2, 0) is 13.1 Å². The fraction of sp³-hybridized carbons (Fsp3) is 0.0909. The summed E-state index contributed by atoms with van der Waals surface area (Å²) in [5.74, 6) is 0.504. The van der Waals surface area contributed by atoms with E-state index in [1.165, 1.54) is 10.8 Å². The van der Waals surface area contributed by atoms with Crippen molar-refractivity contribution in [3.8, 4) is 0 Å². The van der Waals surface area contributed by atoms with E-state index in [4.69, 9.17) is 20.4 Å². The third-order valence-corrected chi connectivity index (χ3v) is 5.29. The third kappa shape index (κ3) is 2.89. The minimum absolute atomic E-state index is 0.0141. The van der Waals surface area contributed by atoms with Gasteiger partial charge in [-0.2, -0.15) is 0 Å². The van der Waals surface area contributed by atoms with Gasteiger partial charge >= 0.3 is 5.69 Å². The lowest BCUT2D eigenvalue weighted by Gasteiger charge is -2.12. The smallest absolute Gasteiger partial charge is 0.332 e. The van der Waals surface area contributed by atoms with Crippen LogP contribution in [0.15, 0.2) is 85.4 Å². The van der Waals surface area contributed by atoms with E-state index in [0.717, 1.165) is 10.1 Å². The minimum atomic E-state index is -0.493. The highest BCUT2D eigenvalue weighted by Crippen LogP contribution is 2.27. The number of rotatable bonds is 4. The molecule has 0 amide bonds. The van der Waals surface area contributed by atoms with E-state index in [9.17, 15) is 9.59 Å². The maximum Gasteiger partial charge on any atom is 0.332 e. The Morgan fingerprint density at radius 1 is 0.862 bits per heavy atom. The van der Waals surface area contributed by atoms with E-state index in [1.54, 1.807) is 24.3 Å². The maximum absolute atomic E-state index is 13.4. The van der Waals surface area contributed by atoms with Crippen molar-refractivity contribution in [1.82, 2.24) is 9.13 Å². The molecule has 0 unspecified atom stereocenters. The second kappa shape index (κ2) is 6.83. The van der Waals surface area contributed by atoms with E-state index in [1.807, 2.05) is 36.4 Å². The molecule has 6 nitrogen and oxygen atoms in total. The average Bonchev–Trinajstić information content (AvgIpc) is 3.37. The maximum atomic E-state index is 13.4. The summed E-state index contributed by atoms with van der Waals surface area (Å²) in [7, 11) is 0. The Morgan fingerprint density at radius 2 is 1.66 bits per heavy atom. The standard InChI is InChI=1S/C22H15ClN2O4/c23-17-9-3-1-6-14(17)12-24-19-16-8-2-4-10-18(16)29-20(19)21(26)25(22(24)27)13-15-7-5-11-28-15/h1-11H,12-13H2. The van der Waals surface area contributed by atoms with E-state index < -0.39 is 11.2 Å². The lowest BCUT2D eigenvalue weighted by Crippen LogP contribution is -2.40. The fourth-order valence-corrected chi connectivity index (χ4v) is 3.73. The Bertz CT molecular complexity index is 1460. The molecule has 0 bridgehead atoms. The number of aromatic nitrogens is 2. The van der Waals surface area contributed by atoms with E-state index in [2.05, 4.69) is 0 Å². The van der Waals surface area contributed by atoms with Gasteiger partial charge in [-0.25, -0.2) is 9.36 Å². The molecule has 5 rings (SSSR count). The minimum Gasteiger partial charge on any atom is -0.467 e. The van der Waals surface area contributed by atoms with Gasteiger partial charge in [0.15, 0.2) is 0 Å². The van der Waals surface area contributed by atoms with Gasteiger partial charge in [-0.1, -0.05) is 41.9 Å². The number of nitrogens with zero attached hydrogens (tertiary/aromatic N) is 2. The van der Waals surface area contributed by atoms with Gasteiger partial charge in [0.25, 0.3) is 5.56 Å². The van der Waals surface area contributed by atoms with Crippen molar-refractivity contribution in [1.29, 1.82) is 0 Å². The monoisotopic (exact) mass is 406 g/mol. The van der Waals surface area contributed by atoms with E-state index in [-0.39, 0.29) is 18.7 Å². The van der Waals surface area contributed by atoms with Crippen molar-refractivity contribution >= 4 is 33.7 Å². The number of halogens is 1. The fourth-order valence-electron chi connectivity index (χ4n) is 3.54. The molecule has 2 aromatic carbocycles. The van der Waals surface area contributed by atoms with Crippen LogP contribution in [0.4, 0.5) is 0 Å². The molecule has 29 heavy (non-hydrogen) atoms. The predicted octanol–water partition coefficient (Wildman–Crippen LogP) is 4.25. The Balaban J connectivity index is 1.84. The zero-order valence-corrected chi connectivity index (χ0v) is 15.9. The molecule has 3 aromatic heterocycles. The molecule has 0 spiro atoms. The first-order valence-corrected chi connectivity index (χ1v) is 9.42. The van der Waals surface area contributed by atoms with Crippen molar-refractivity contribution in [2.45, 2.75) is 13.1 Å². The molecule has 0 aliphatic carbocycles. The highest BCUT2D eigenvalue weighted by molar-refractivity contribution is 6.31. The Morgan fingerprint density at radius 3 is 2.45 bits per heavy atom. The second-order valence-corrected chi connectivity index (χ2v) is 7.11. The molecule has 0 N–H and O–H groups in total. The molecular weight excluding hydrogens is 392 g/mol. The van der Waals surface area contributed by atoms with E-state index in [0.29, 0.717) is 27.3 Å². The summed E-state index contributed by atoms with van der Waals surface area (Å²) in [6, 6.07) is 18.0. The van der Waals surface area contributed by atoms with Gasteiger partial charge in [-0.05, 0) is 35.9 Å². The summed E-state index contributed by atoms with van der Waals surface area (Å²) in [5, 5.41) is 1.25. The van der Waals surface area contributed by atoms with Gasteiger partial charge in [0.2, 0.25) is 5.58 Å². The topological polar surface area (TPSA) is 70.3 Å². The van der Waals surface area contributed by atoms with Crippen LogP contribution in [0.2, 0.25) is 5.02 Å². The normalized spacial score (nSPS) is 11.5. The quantitative estimate of drug-likeness (QED) is 0.447. The van der Waals surface area contributed by atoms with Gasteiger partial charge in [0.1, 0.15) is 16.9 Å². The van der Waals surface area contributed by atoms with Crippen LogP contribution < -0.4 is 11.2 Å². The summed E-state index contributed by atoms with van der Waals surface area (Å²) in [4.78, 5) is 26.5. The highest BCUT2D eigenvalue weighted by atomic mass is 35.5. The van der Waals surface area contributed by atoms with Crippen LogP contribution in [0.25, 0.3) is 22.1 Å². The third-order valence-electron chi connectivity index (χ3n) is 4.92.